The molecule has 84 valence electrons. The van der Waals surface area contributed by atoms with Crippen molar-refractivity contribution in [3.05, 3.63) is 0 Å². The number of carbonyl (C=O) groups is 1. The van der Waals surface area contributed by atoms with Gasteiger partial charge in [-0.2, -0.15) is 0 Å². The fourth-order valence-corrected chi connectivity index (χ4v) is 1.24. The van der Waals surface area contributed by atoms with Crippen molar-refractivity contribution < 1.29 is 9.90 Å². The van der Waals surface area contributed by atoms with Gasteiger partial charge < -0.3 is 15.7 Å². The van der Waals surface area contributed by atoms with Gasteiger partial charge >= 0.3 is 5.97 Å². The molecule has 0 bridgehead atoms. The Balaban J connectivity index is 3.87. The summed E-state index contributed by atoms with van der Waals surface area (Å²) in [5, 5.41) is 8.79. The molecule has 0 spiro atoms. The van der Waals surface area contributed by atoms with Gasteiger partial charge in [0, 0.05) is 13.1 Å². The van der Waals surface area contributed by atoms with Crippen LogP contribution < -0.4 is 5.73 Å². The predicted molar refractivity (Wildman–Crippen MR) is 57.2 cm³/mol. The van der Waals surface area contributed by atoms with Gasteiger partial charge in [-0.15, -0.1) is 0 Å². The van der Waals surface area contributed by atoms with Crippen LogP contribution in [0.3, 0.4) is 0 Å². The van der Waals surface area contributed by atoms with Gasteiger partial charge in [-0.25, -0.2) is 0 Å². The number of carboxylic acid groups (broad SMARTS) is 1. The molecule has 0 aromatic rings. The van der Waals surface area contributed by atoms with Crippen LogP contribution in [-0.2, 0) is 4.79 Å². The second kappa shape index (κ2) is 5.32. The molecular formula is C10H22N2O2. The minimum absolute atomic E-state index is 0.478. The fourth-order valence-electron chi connectivity index (χ4n) is 1.24. The Kier molecular flexibility index (Phi) is 5.08. The number of hydrogen-bond donors (Lipinski definition) is 2. The Morgan fingerprint density at radius 2 is 2.07 bits per heavy atom. The first kappa shape index (κ1) is 13.4. The summed E-state index contributed by atoms with van der Waals surface area (Å²) < 4.78 is 0. The van der Waals surface area contributed by atoms with E-state index in [0.29, 0.717) is 12.3 Å². The zero-order valence-electron chi connectivity index (χ0n) is 9.58. The normalized spacial score (nSPS) is 15.9. The molecule has 0 aromatic heterocycles. The van der Waals surface area contributed by atoms with E-state index in [-0.39, 0.29) is 0 Å². The maximum absolute atomic E-state index is 10.7. The van der Waals surface area contributed by atoms with Crippen LogP contribution in [0.4, 0.5) is 0 Å². The Morgan fingerprint density at radius 3 is 2.43 bits per heavy atom. The molecule has 1 atom stereocenters. The number of rotatable bonds is 6. The minimum atomic E-state index is -1.11. The van der Waals surface area contributed by atoms with Gasteiger partial charge in [0.05, 0.1) is 0 Å². The van der Waals surface area contributed by atoms with Crippen LogP contribution in [0.15, 0.2) is 0 Å². The highest BCUT2D eigenvalue weighted by Gasteiger charge is 2.27. The topological polar surface area (TPSA) is 66.6 Å². The lowest BCUT2D eigenvalue weighted by molar-refractivity contribution is -0.143. The van der Waals surface area contributed by atoms with Crippen molar-refractivity contribution in [2.45, 2.75) is 32.7 Å². The molecule has 0 aliphatic rings. The quantitative estimate of drug-likeness (QED) is 0.667. The Labute approximate surface area is 86.1 Å². The second-order valence-corrected chi connectivity index (χ2v) is 4.63. The van der Waals surface area contributed by atoms with Crippen LogP contribution in [0, 0.1) is 5.92 Å². The van der Waals surface area contributed by atoms with E-state index in [1.165, 1.54) is 0 Å². The molecule has 0 fully saturated rings. The van der Waals surface area contributed by atoms with E-state index >= 15 is 0 Å². The molecule has 0 heterocycles. The van der Waals surface area contributed by atoms with Crippen molar-refractivity contribution >= 4 is 5.97 Å². The third-order valence-corrected chi connectivity index (χ3v) is 2.18. The van der Waals surface area contributed by atoms with E-state index in [1.807, 2.05) is 7.05 Å². The fraction of sp³-hybridized carbons (Fsp3) is 0.900. The van der Waals surface area contributed by atoms with Crippen LogP contribution >= 0.6 is 0 Å². The maximum atomic E-state index is 10.7. The van der Waals surface area contributed by atoms with E-state index in [9.17, 15) is 4.79 Å². The molecule has 0 radical (unpaired) electrons. The molecule has 14 heavy (non-hydrogen) atoms. The lowest BCUT2D eigenvalue weighted by atomic mass is 9.99. The van der Waals surface area contributed by atoms with Crippen molar-refractivity contribution in [1.29, 1.82) is 0 Å². The van der Waals surface area contributed by atoms with E-state index in [1.54, 1.807) is 6.92 Å². The van der Waals surface area contributed by atoms with Crippen LogP contribution in [0.5, 0.6) is 0 Å². The first-order valence-corrected chi connectivity index (χ1v) is 4.96. The van der Waals surface area contributed by atoms with Crippen LogP contribution in [0.25, 0.3) is 0 Å². The third-order valence-electron chi connectivity index (χ3n) is 2.18. The Bertz CT molecular complexity index is 191. The minimum Gasteiger partial charge on any atom is -0.480 e. The molecule has 0 saturated carbocycles. The van der Waals surface area contributed by atoms with Crippen molar-refractivity contribution in [2.24, 2.45) is 11.7 Å². The van der Waals surface area contributed by atoms with Crippen LogP contribution in [-0.4, -0.2) is 41.7 Å². The third kappa shape index (κ3) is 5.19. The first-order chi connectivity index (χ1) is 6.25. The number of aliphatic carboxylic acids is 1. The lowest BCUT2D eigenvalue weighted by Gasteiger charge is -2.24. The standard InChI is InChI=1S/C10H22N2O2/c1-8(2)7-12(4)6-5-10(3,11)9(13)14/h8H,5-7,11H2,1-4H3,(H,13,14). The molecular weight excluding hydrogens is 180 g/mol. The molecule has 0 rings (SSSR count). The zero-order valence-corrected chi connectivity index (χ0v) is 9.58. The SMILES string of the molecule is CC(C)CN(C)CCC(C)(N)C(=O)O. The monoisotopic (exact) mass is 202 g/mol. The molecule has 1 unspecified atom stereocenters. The largest absolute Gasteiger partial charge is 0.480 e. The van der Waals surface area contributed by atoms with Crippen molar-refractivity contribution in [3.8, 4) is 0 Å². The molecule has 0 saturated heterocycles. The number of carboxylic acids is 1. The van der Waals surface area contributed by atoms with Gasteiger partial charge in [-0.1, -0.05) is 13.8 Å². The highest BCUT2D eigenvalue weighted by molar-refractivity contribution is 5.77. The summed E-state index contributed by atoms with van der Waals surface area (Å²) in [4.78, 5) is 12.8. The van der Waals surface area contributed by atoms with E-state index in [0.717, 1.165) is 13.1 Å². The predicted octanol–water partition coefficient (Wildman–Crippen LogP) is 0.766. The average molecular weight is 202 g/mol. The molecule has 0 amide bonds. The molecule has 4 nitrogen and oxygen atoms in total. The summed E-state index contributed by atoms with van der Waals surface area (Å²) in [5.41, 5.74) is 4.51. The second-order valence-electron chi connectivity index (χ2n) is 4.63. The average Bonchev–Trinajstić information content (AvgIpc) is 1.99. The number of nitrogens with zero attached hydrogens (tertiary/aromatic N) is 1. The summed E-state index contributed by atoms with van der Waals surface area (Å²) in [6, 6.07) is 0. The van der Waals surface area contributed by atoms with Crippen molar-refractivity contribution in [2.75, 3.05) is 20.1 Å². The summed E-state index contributed by atoms with van der Waals surface area (Å²) in [7, 11) is 1.98. The first-order valence-electron chi connectivity index (χ1n) is 4.96. The van der Waals surface area contributed by atoms with Gasteiger partial charge in [0.2, 0.25) is 0 Å². The molecule has 3 N–H and O–H groups in total. The van der Waals surface area contributed by atoms with Gasteiger partial charge in [0.1, 0.15) is 5.54 Å². The van der Waals surface area contributed by atoms with Gasteiger partial charge in [0.25, 0.3) is 0 Å². The van der Waals surface area contributed by atoms with Gasteiger partial charge in [-0.3, -0.25) is 4.79 Å². The van der Waals surface area contributed by atoms with Crippen molar-refractivity contribution in [1.82, 2.24) is 4.90 Å². The Morgan fingerprint density at radius 1 is 1.57 bits per heavy atom. The molecule has 4 heteroatoms. The van der Waals surface area contributed by atoms with E-state index < -0.39 is 11.5 Å². The highest BCUT2D eigenvalue weighted by Crippen LogP contribution is 2.07. The summed E-state index contributed by atoms with van der Waals surface area (Å²) in [6.45, 7) is 7.51. The number of hydrogen-bond acceptors (Lipinski definition) is 3. The molecule has 0 aromatic carbocycles. The smallest absolute Gasteiger partial charge is 0.323 e. The van der Waals surface area contributed by atoms with E-state index in [4.69, 9.17) is 10.8 Å². The maximum Gasteiger partial charge on any atom is 0.323 e. The number of nitrogens with two attached hydrogens (primary N) is 1. The molecule has 0 aliphatic heterocycles. The van der Waals surface area contributed by atoms with Crippen LogP contribution in [0.2, 0.25) is 0 Å². The Hall–Kier alpha value is -0.610. The van der Waals surface area contributed by atoms with Crippen molar-refractivity contribution in [3.63, 3.8) is 0 Å². The summed E-state index contributed by atoms with van der Waals surface area (Å²) in [5.74, 6) is -0.343. The van der Waals surface area contributed by atoms with Gasteiger partial charge in [-0.05, 0) is 26.3 Å². The zero-order chi connectivity index (χ0) is 11.4. The molecule has 0 aliphatic carbocycles. The lowest BCUT2D eigenvalue weighted by Crippen LogP contribution is -2.47. The highest BCUT2D eigenvalue weighted by atomic mass is 16.4. The summed E-state index contributed by atoms with van der Waals surface area (Å²) >= 11 is 0. The summed E-state index contributed by atoms with van der Waals surface area (Å²) in [6.07, 6.45) is 0.478. The van der Waals surface area contributed by atoms with Gasteiger partial charge in [0.15, 0.2) is 0 Å². The van der Waals surface area contributed by atoms with Crippen LogP contribution in [0.1, 0.15) is 27.2 Å². The van der Waals surface area contributed by atoms with E-state index in [2.05, 4.69) is 18.7 Å².